The number of thiophene rings is 1. The number of aromatic carboxylic acids is 1. The molecule has 0 unspecified atom stereocenters. The molecule has 0 atom stereocenters. The van der Waals surface area contributed by atoms with Crippen molar-refractivity contribution in [2.75, 3.05) is 0 Å². The van der Waals surface area contributed by atoms with Crippen LogP contribution in [0.2, 0.25) is 0 Å². The van der Waals surface area contributed by atoms with Crippen LogP contribution in [-0.2, 0) is 4.79 Å². The Balaban J connectivity index is 2.58. The highest BCUT2D eigenvalue weighted by Crippen LogP contribution is 2.25. The Morgan fingerprint density at radius 3 is 2.20 bits per heavy atom. The van der Waals surface area contributed by atoms with Gasteiger partial charge in [-0.3, -0.25) is 0 Å². The van der Waals surface area contributed by atoms with Crippen LogP contribution in [0.5, 0.6) is 0 Å². The summed E-state index contributed by atoms with van der Waals surface area (Å²) < 4.78 is 0. The number of aliphatic carboxylic acids is 1. The van der Waals surface area contributed by atoms with Crippen LogP contribution in [0, 0.1) is 6.92 Å². The van der Waals surface area contributed by atoms with Gasteiger partial charge in [-0.2, -0.15) is 0 Å². The van der Waals surface area contributed by atoms with Gasteiger partial charge < -0.3 is 10.2 Å². The van der Waals surface area contributed by atoms with Crippen LogP contribution in [0.1, 0.15) is 25.7 Å². The van der Waals surface area contributed by atoms with Crippen LogP contribution in [0.25, 0.3) is 11.6 Å². The first-order chi connectivity index (χ1) is 9.49. The van der Waals surface area contributed by atoms with Crippen molar-refractivity contribution in [1.82, 2.24) is 0 Å². The average Bonchev–Trinajstić information content (AvgIpc) is 2.81. The molecular weight excluding hydrogens is 276 g/mol. The largest absolute Gasteiger partial charge is 0.478 e. The Bertz CT molecular complexity index is 697. The maximum absolute atomic E-state index is 11.4. The highest BCUT2D eigenvalue weighted by molar-refractivity contribution is 7.12. The van der Waals surface area contributed by atoms with Crippen molar-refractivity contribution in [2.24, 2.45) is 0 Å². The molecule has 1 heterocycles. The van der Waals surface area contributed by atoms with E-state index in [-0.39, 0.29) is 16.7 Å². The van der Waals surface area contributed by atoms with Gasteiger partial charge in [0.2, 0.25) is 0 Å². The van der Waals surface area contributed by atoms with Crippen LogP contribution in [0.3, 0.4) is 0 Å². The summed E-state index contributed by atoms with van der Waals surface area (Å²) in [6, 6.07) is 9.79. The van der Waals surface area contributed by atoms with Crippen molar-refractivity contribution in [2.45, 2.75) is 6.92 Å². The first kappa shape index (κ1) is 14.0. The fraction of sp³-hybridized carbons (Fsp3) is 0.0667. The quantitative estimate of drug-likeness (QED) is 0.846. The molecule has 0 bridgehead atoms. The number of carboxylic acids is 2. The van der Waals surface area contributed by atoms with E-state index in [2.05, 4.69) is 0 Å². The van der Waals surface area contributed by atoms with Crippen LogP contribution in [-0.4, -0.2) is 22.2 Å². The Morgan fingerprint density at radius 1 is 1.05 bits per heavy atom. The lowest BCUT2D eigenvalue weighted by Crippen LogP contribution is -2.06. The van der Waals surface area contributed by atoms with E-state index < -0.39 is 11.9 Å². The minimum Gasteiger partial charge on any atom is -0.478 e. The predicted octanol–water partition coefficient (Wildman–Crippen LogP) is 3.38. The molecule has 2 rings (SSSR count). The monoisotopic (exact) mass is 288 g/mol. The summed E-state index contributed by atoms with van der Waals surface area (Å²) in [7, 11) is 0. The van der Waals surface area contributed by atoms with Crippen LogP contribution in [0.4, 0.5) is 0 Å². The average molecular weight is 288 g/mol. The van der Waals surface area contributed by atoms with Crippen molar-refractivity contribution in [1.29, 1.82) is 0 Å². The molecule has 1 aromatic heterocycles. The number of aryl methyl sites for hydroxylation is 1. The van der Waals surface area contributed by atoms with E-state index in [1.807, 2.05) is 19.1 Å². The zero-order chi connectivity index (χ0) is 14.7. The molecule has 5 heteroatoms. The summed E-state index contributed by atoms with van der Waals surface area (Å²) in [4.78, 5) is 24.5. The van der Waals surface area contributed by atoms with Gasteiger partial charge in [0, 0.05) is 15.3 Å². The maximum atomic E-state index is 11.4. The highest BCUT2D eigenvalue weighted by Gasteiger charge is 2.18. The van der Waals surface area contributed by atoms with Crippen LogP contribution >= 0.6 is 11.3 Å². The summed E-state index contributed by atoms with van der Waals surface area (Å²) in [6.07, 6.45) is 1.50. The summed E-state index contributed by atoms with van der Waals surface area (Å²) in [6.45, 7) is 1.92. The first-order valence-electron chi connectivity index (χ1n) is 5.83. The van der Waals surface area contributed by atoms with Gasteiger partial charge in [0.05, 0.1) is 11.1 Å². The summed E-state index contributed by atoms with van der Waals surface area (Å²) in [5.41, 5.74) is 0.165. The molecule has 2 N–H and O–H groups in total. The topological polar surface area (TPSA) is 74.6 Å². The van der Waals surface area contributed by atoms with Gasteiger partial charge in [-0.15, -0.1) is 11.3 Å². The van der Waals surface area contributed by atoms with Gasteiger partial charge in [-0.1, -0.05) is 18.2 Å². The minimum absolute atomic E-state index is 0.0190. The number of benzene rings is 1. The Labute approximate surface area is 119 Å². The zero-order valence-corrected chi connectivity index (χ0v) is 11.5. The highest BCUT2D eigenvalue weighted by atomic mass is 32.1. The number of hydrogen-bond acceptors (Lipinski definition) is 3. The predicted molar refractivity (Wildman–Crippen MR) is 78.0 cm³/mol. The summed E-state index contributed by atoms with van der Waals surface area (Å²) in [5.74, 6) is -2.29. The van der Waals surface area contributed by atoms with Gasteiger partial charge in [0.1, 0.15) is 0 Å². The molecule has 20 heavy (non-hydrogen) atoms. The number of rotatable bonds is 4. The number of hydrogen-bond donors (Lipinski definition) is 2. The third-order valence-electron chi connectivity index (χ3n) is 2.73. The van der Waals surface area contributed by atoms with E-state index in [0.717, 1.165) is 9.75 Å². The molecular formula is C15H12O4S. The van der Waals surface area contributed by atoms with Crippen molar-refractivity contribution >= 4 is 34.9 Å². The normalized spacial score (nSPS) is 11.3. The molecule has 2 aromatic rings. The van der Waals surface area contributed by atoms with Crippen molar-refractivity contribution in [3.05, 3.63) is 57.3 Å². The third kappa shape index (κ3) is 2.95. The second kappa shape index (κ2) is 5.71. The molecule has 0 spiro atoms. The van der Waals surface area contributed by atoms with Crippen LogP contribution in [0.15, 0.2) is 36.4 Å². The van der Waals surface area contributed by atoms with Gasteiger partial charge >= 0.3 is 11.9 Å². The molecule has 0 aliphatic rings. The van der Waals surface area contributed by atoms with Gasteiger partial charge in [0.15, 0.2) is 0 Å². The van der Waals surface area contributed by atoms with Gasteiger partial charge in [-0.25, -0.2) is 9.59 Å². The lowest BCUT2D eigenvalue weighted by Gasteiger charge is -2.06. The van der Waals surface area contributed by atoms with E-state index in [1.165, 1.54) is 29.5 Å². The second-order valence-corrected chi connectivity index (χ2v) is 5.48. The number of carboxylic acid groups (broad SMARTS) is 2. The number of carbonyl (C=O) groups is 2. The standard InChI is InChI=1S/C15H12O4S/c1-9-6-7-10(20-9)8-13(15(18)19)11-4-2-3-5-12(11)14(16)17/h2-8H,1H3,(H,16,17)(H,18,19)/b13-8+. The molecule has 0 fully saturated rings. The molecule has 0 saturated heterocycles. The smallest absolute Gasteiger partial charge is 0.336 e. The fourth-order valence-electron chi connectivity index (χ4n) is 1.83. The molecule has 4 nitrogen and oxygen atoms in total. The maximum Gasteiger partial charge on any atom is 0.336 e. The van der Waals surface area contributed by atoms with E-state index in [4.69, 9.17) is 5.11 Å². The van der Waals surface area contributed by atoms with Crippen molar-refractivity contribution in [3.8, 4) is 0 Å². The van der Waals surface area contributed by atoms with E-state index >= 15 is 0 Å². The summed E-state index contributed by atoms with van der Waals surface area (Å²) >= 11 is 1.46. The molecule has 0 aliphatic carbocycles. The SMILES string of the molecule is Cc1ccc(/C=C(/C(=O)O)c2ccccc2C(=O)O)s1. The minimum atomic E-state index is -1.15. The summed E-state index contributed by atoms with van der Waals surface area (Å²) in [5, 5.41) is 18.5. The zero-order valence-electron chi connectivity index (χ0n) is 10.7. The molecule has 102 valence electrons. The Kier molecular flexibility index (Phi) is 4.00. The Morgan fingerprint density at radius 2 is 1.70 bits per heavy atom. The van der Waals surface area contributed by atoms with E-state index in [9.17, 15) is 14.7 Å². The van der Waals surface area contributed by atoms with Crippen molar-refractivity contribution < 1.29 is 19.8 Å². The molecule has 0 radical (unpaired) electrons. The second-order valence-electron chi connectivity index (χ2n) is 4.16. The van der Waals surface area contributed by atoms with Gasteiger partial charge in [-0.05, 0) is 31.2 Å². The van der Waals surface area contributed by atoms with E-state index in [0.29, 0.717) is 0 Å². The molecule has 0 amide bonds. The molecule has 1 aromatic carbocycles. The lowest BCUT2D eigenvalue weighted by molar-refractivity contribution is -0.130. The third-order valence-corrected chi connectivity index (χ3v) is 3.67. The van der Waals surface area contributed by atoms with Gasteiger partial charge in [0.25, 0.3) is 0 Å². The fourth-order valence-corrected chi connectivity index (χ4v) is 2.65. The van der Waals surface area contributed by atoms with Crippen LogP contribution < -0.4 is 0 Å². The Hall–Kier alpha value is -2.40. The first-order valence-corrected chi connectivity index (χ1v) is 6.65. The lowest BCUT2D eigenvalue weighted by atomic mass is 9.99. The molecule has 0 saturated carbocycles. The van der Waals surface area contributed by atoms with Crippen molar-refractivity contribution in [3.63, 3.8) is 0 Å². The molecule has 0 aliphatic heterocycles. The van der Waals surface area contributed by atoms with E-state index in [1.54, 1.807) is 12.1 Å².